The van der Waals surface area contributed by atoms with Gasteiger partial charge in [-0.3, -0.25) is 14.9 Å². The number of methoxy groups -OCH3 is 1. The van der Waals surface area contributed by atoms with Crippen molar-refractivity contribution in [3.05, 3.63) is 69.8 Å². The van der Waals surface area contributed by atoms with Crippen molar-refractivity contribution in [2.45, 2.75) is 12.5 Å². The van der Waals surface area contributed by atoms with Crippen LogP contribution in [-0.4, -0.2) is 43.5 Å². The van der Waals surface area contributed by atoms with Gasteiger partial charge in [0.15, 0.2) is 0 Å². The number of carbonyl (C=O) groups is 1. The maximum atomic E-state index is 12.2. The largest absolute Gasteiger partial charge is 0.497 e. The van der Waals surface area contributed by atoms with E-state index in [4.69, 9.17) is 4.74 Å². The van der Waals surface area contributed by atoms with Gasteiger partial charge in [0.25, 0.3) is 5.69 Å². The van der Waals surface area contributed by atoms with E-state index in [1.165, 1.54) is 12.1 Å². The fourth-order valence-electron chi connectivity index (χ4n) is 2.64. The summed E-state index contributed by atoms with van der Waals surface area (Å²) in [6.45, 7) is 0.450. The Morgan fingerprint density at radius 2 is 1.92 bits per heavy atom. The number of nitrogens with one attached hydrogen (secondary N) is 1. The summed E-state index contributed by atoms with van der Waals surface area (Å²) < 4.78 is 5.26. The normalized spacial score (nSPS) is 11.8. The lowest BCUT2D eigenvalue weighted by atomic mass is 10.1. The van der Waals surface area contributed by atoms with Crippen LogP contribution >= 0.6 is 0 Å². The third kappa shape index (κ3) is 5.29. The molecule has 0 aliphatic carbocycles. The number of nitro groups is 1. The summed E-state index contributed by atoms with van der Waals surface area (Å²) in [7, 11) is 5.52. The van der Waals surface area contributed by atoms with E-state index in [2.05, 4.69) is 5.32 Å². The first-order valence-corrected chi connectivity index (χ1v) is 8.21. The zero-order valence-electron chi connectivity index (χ0n) is 15.1. The number of hydrogen-bond donors (Lipinski definition) is 1. The molecule has 0 fully saturated rings. The number of likely N-dealkylation sites (N-methyl/N-ethyl adjacent to an activating group) is 1. The molecule has 0 bridgehead atoms. The summed E-state index contributed by atoms with van der Waals surface area (Å²) in [6, 6.07) is 13.8. The summed E-state index contributed by atoms with van der Waals surface area (Å²) in [4.78, 5) is 24.5. The number of hydrogen-bond acceptors (Lipinski definition) is 5. The van der Waals surface area contributed by atoms with E-state index in [1.54, 1.807) is 19.2 Å². The van der Waals surface area contributed by atoms with Crippen LogP contribution in [0.3, 0.4) is 0 Å². The molecule has 7 nitrogen and oxygen atoms in total. The lowest BCUT2D eigenvalue weighted by Gasteiger charge is -2.25. The van der Waals surface area contributed by atoms with Crippen LogP contribution in [0.5, 0.6) is 5.75 Å². The molecule has 2 aromatic rings. The summed E-state index contributed by atoms with van der Waals surface area (Å²) in [5, 5.41) is 13.6. The molecule has 1 N–H and O–H groups in total. The minimum Gasteiger partial charge on any atom is -0.497 e. The van der Waals surface area contributed by atoms with Gasteiger partial charge in [-0.1, -0.05) is 24.3 Å². The molecule has 0 aromatic heterocycles. The molecule has 2 rings (SSSR count). The average Bonchev–Trinajstić information content (AvgIpc) is 2.62. The fraction of sp³-hybridized carbons (Fsp3) is 0.316. The molecule has 1 unspecified atom stereocenters. The topological polar surface area (TPSA) is 84.7 Å². The highest BCUT2D eigenvalue weighted by Gasteiger charge is 2.16. The lowest BCUT2D eigenvalue weighted by molar-refractivity contribution is -0.384. The lowest BCUT2D eigenvalue weighted by Crippen LogP contribution is -2.35. The second-order valence-electron chi connectivity index (χ2n) is 6.16. The highest BCUT2D eigenvalue weighted by Crippen LogP contribution is 2.22. The SMILES string of the molecule is COc1cccc(C(CNC(=O)Cc2ccc([N+](=O)[O-])cc2)N(C)C)c1. The van der Waals surface area contributed by atoms with Gasteiger partial charge in [0, 0.05) is 18.7 Å². The first-order valence-electron chi connectivity index (χ1n) is 8.21. The smallest absolute Gasteiger partial charge is 0.269 e. The Balaban J connectivity index is 1.97. The Labute approximate surface area is 152 Å². The molecular weight excluding hydrogens is 334 g/mol. The first kappa shape index (κ1) is 19.4. The van der Waals surface area contributed by atoms with Gasteiger partial charge in [0.05, 0.1) is 24.5 Å². The predicted octanol–water partition coefficient (Wildman–Crippen LogP) is 2.57. The molecule has 26 heavy (non-hydrogen) atoms. The Kier molecular flexibility index (Phi) is 6.68. The van der Waals surface area contributed by atoms with Crippen molar-refractivity contribution in [2.75, 3.05) is 27.7 Å². The highest BCUT2D eigenvalue weighted by molar-refractivity contribution is 5.78. The Bertz CT molecular complexity index is 760. The molecule has 0 spiro atoms. The monoisotopic (exact) mass is 357 g/mol. The van der Waals surface area contributed by atoms with Crippen LogP contribution in [0.2, 0.25) is 0 Å². The second kappa shape index (κ2) is 8.96. The molecule has 1 amide bonds. The van der Waals surface area contributed by atoms with E-state index in [-0.39, 0.29) is 24.1 Å². The van der Waals surface area contributed by atoms with E-state index in [0.29, 0.717) is 6.54 Å². The zero-order chi connectivity index (χ0) is 19.1. The third-order valence-corrected chi connectivity index (χ3v) is 4.11. The van der Waals surface area contributed by atoms with Gasteiger partial charge in [0.1, 0.15) is 5.75 Å². The van der Waals surface area contributed by atoms with Crippen molar-refractivity contribution >= 4 is 11.6 Å². The molecule has 0 heterocycles. The molecule has 1 atom stereocenters. The summed E-state index contributed by atoms with van der Waals surface area (Å²) in [6.07, 6.45) is 0.177. The molecule has 0 aliphatic rings. The van der Waals surface area contributed by atoms with Gasteiger partial charge in [-0.15, -0.1) is 0 Å². The molecule has 0 aliphatic heterocycles. The number of ether oxygens (including phenoxy) is 1. The molecule has 0 radical (unpaired) electrons. The van der Waals surface area contributed by atoms with Crippen LogP contribution in [0.15, 0.2) is 48.5 Å². The average molecular weight is 357 g/mol. The maximum absolute atomic E-state index is 12.2. The van der Waals surface area contributed by atoms with E-state index in [0.717, 1.165) is 16.9 Å². The number of rotatable bonds is 8. The van der Waals surface area contributed by atoms with Crippen LogP contribution in [0.1, 0.15) is 17.2 Å². The minimum absolute atomic E-state index is 0.00547. The molecule has 2 aromatic carbocycles. The van der Waals surface area contributed by atoms with Gasteiger partial charge < -0.3 is 15.0 Å². The number of nitrogens with zero attached hydrogens (tertiary/aromatic N) is 2. The maximum Gasteiger partial charge on any atom is 0.269 e. The number of non-ortho nitro benzene ring substituents is 1. The van der Waals surface area contributed by atoms with Crippen LogP contribution in [0, 0.1) is 10.1 Å². The number of amides is 1. The van der Waals surface area contributed by atoms with Crippen molar-refractivity contribution in [1.82, 2.24) is 10.2 Å². The quantitative estimate of drug-likeness (QED) is 0.580. The summed E-state index contributed by atoms with van der Waals surface area (Å²) >= 11 is 0. The first-order chi connectivity index (χ1) is 12.4. The van der Waals surface area contributed by atoms with Gasteiger partial charge in [0.2, 0.25) is 5.91 Å². The number of nitro benzene ring substituents is 1. The van der Waals surface area contributed by atoms with Crippen molar-refractivity contribution in [3.63, 3.8) is 0 Å². The molecule has 0 saturated carbocycles. The van der Waals surface area contributed by atoms with Crippen LogP contribution in [0.25, 0.3) is 0 Å². The zero-order valence-corrected chi connectivity index (χ0v) is 15.1. The highest BCUT2D eigenvalue weighted by atomic mass is 16.6. The van der Waals surface area contributed by atoms with Crippen LogP contribution < -0.4 is 10.1 Å². The van der Waals surface area contributed by atoms with Crippen molar-refractivity contribution in [2.24, 2.45) is 0 Å². The third-order valence-electron chi connectivity index (χ3n) is 4.11. The summed E-state index contributed by atoms with van der Waals surface area (Å²) in [5.74, 6) is 0.639. The molecule has 0 saturated heterocycles. The fourth-order valence-corrected chi connectivity index (χ4v) is 2.64. The second-order valence-corrected chi connectivity index (χ2v) is 6.16. The Morgan fingerprint density at radius 1 is 1.23 bits per heavy atom. The standard InChI is InChI=1S/C19H23N3O4/c1-21(2)18(15-5-4-6-17(12-15)26-3)13-20-19(23)11-14-7-9-16(10-8-14)22(24)25/h4-10,12,18H,11,13H2,1-3H3,(H,20,23). The van der Waals surface area contributed by atoms with Crippen molar-refractivity contribution in [1.29, 1.82) is 0 Å². The van der Waals surface area contributed by atoms with Crippen LogP contribution in [-0.2, 0) is 11.2 Å². The number of benzene rings is 2. The Hall–Kier alpha value is -2.93. The number of carbonyl (C=O) groups excluding carboxylic acids is 1. The van der Waals surface area contributed by atoms with E-state index >= 15 is 0 Å². The van der Waals surface area contributed by atoms with E-state index in [1.807, 2.05) is 43.3 Å². The van der Waals surface area contributed by atoms with E-state index < -0.39 is 4.92 Å². The van der Waals surface area contributed by atoms with Crippen molar-refractivity contribution < 1.29 is 14.5 Å². The van der Waals surface area contributed by atoms with Gasteiger partial charge in [-0.05, 0) is 37.4 Å². The van der Waals surface area contributed by atoms with Gasteiger partial charge in [-0.25, -0.2) is 0 Å². The van der Waals surface area contributed by atoms with E-state index in [9.17, 15) is 14.9 Å². The molecule has 7 heteroatoms. The van der Waals surface area contributed by atoms with Crippen LogP contribution in [0.4, 0.5) is 5.69 Å². The van der Waals surface area contributed by atoms with Crippen molar-refractivity contribution in [3.8, 4) is 5.75 Å². The molecular formula is C19H23N3O4. The summed E-state index contributed by atoms with van der Waals surface area (Å²) in [5.41, 5.74) is 1.79. The predicted molar refractivity (Wildman–Crippen MR) is 99.2 cm³/mol. The van der Waals surface area contributed by atoms with Gasteiger partial charge in [-0.2, -0.15) is 0 Å². The van der Waals surface area contributed by atoms with Gasteiger partial charge >= 0.3 is 0 Å². The minimum atomic E-state index is -0.459. The Morgan fingerprint density at radius 3 is 2.50 bits per heavy atom. The molecule has 138 valence electrons.